The Labute approximate surface area is 162 Å². The Morgan fingerprint density at radius 2 is 2.07 bits per heavy atom. The highest BCUT2D eigenvalue weighted by Gasteiger charge is 2.29. The summed E-state index contributed by atoms with van der Waals surface area (Å²) in [5.74, 6) is 0.389. The van der Waals surface area contributed by atoms with Crippen molar-refractivity contribution < 1.29 is 9.53 Å². The van der Waals surface area contributed by atoms with Crippen molar-refractivity contribution in [2.24, 2.45) is 0 Å². The average molecular weight is 367 g/mol. The predicted molar refractivity (Wildman–Crippen MR) is 108 cm³/mol. The number of carbonyl (C=O) groups is 1. The van der Waals surface area contributed by atoms with Crippen molar-refractivity contribution in [3.8, 4) is 0 Å². The van der Waals surface area contributed by atoms with Gasteiger partial charge in [-0.1, -0.05) is 24.3 Å². The molecule has 144 valence electrons. The number of hydrogen-bond acceptors (Lipinski definition) is 5. The molecule has 27 heavy (non-hydrogen) atoms. The highest BCUT2D eigenvalue weighted by atomic mass is 16.5. The summed E-state index contributed by atoms with van der Waals surface area (Å²) >= 11 is 0. The molecule has 0 bridgehead atoms. The fraction of sp³-hybridized carbons (Fsp3) is 0.455. The number of benzene rings is 1. The molecule has 1 atom stereocenters. The molecule has 0 amide bonds. The van der Waals surface area contributed by atoms with E-state index in [9.17, 15) is 4.79 Å². The van der Waals surface area contributed by atoms with Crippen LogP contribution in [-0.4, -0.2) is 48.1 Å². The number of pyridine rings is 1. The maximum absolute atomic E-state index is 12.4. The van der Waals surface area contributed by atoms with Gasteiger partial charge < -0.3 is 9.64 Å². The smallest absolute Gasteiger partial charge is 0.342 e. The molecule has 1 aromatic heterocycles. The number of ether oxygens (including phenoxy) is 1. The Morgan fingerprint density at radius 1 is 1.30 bits per heavy atom. The lowest BCUT2D eigenvalue weighted by Crippen LogP contribution is -2.36. The van der Waals surface area contributed by atoms with Crippen molar-refractivity contribution >= 4 is 11.8 Å². The van der Waals surface area contributed by atoms with E-state index in [1.807, 2.05) is 20.9 Å². The van der Waals surface area contributed by atoms with Gasteiger partial charge >= 0.3 is 5.97 Å². The maximum Gasteiger partial charge on any atom is 0.342 e. The third-order valence-electron chi connectivity index (χ3n) is 5.13. The van der Waals surface area contributed by atoms with E-state index in [1.165, 1.54) is 11.1 Å². The molecule has 0 N–H and O–H groups in total. The molecule has 0 aliphatic carbocycles. The van der Waals surface area contributed by atoms with Gasteiger partial charge in [0.05, 0.1) is 6.10 Å². The Kier molecular flexibility index (Phi) is 6.11. The van der Waals surface area contributed by atoms with Crippen LogP contribution < -0.4 is 4.90 Å². The molecule has 1 fully saturated rings. The van der Waals surface area contributed by atoms with Crippen molar-refractivity contribution in [1.29, 1.82) is 0 Å². The average Bonchev–Trinajstić information content (AvgIpc) is 3.11. The fourth-order valence-electron chi connectivity index (χ4n) is 3.59. The van der Waals surface area contributed by atoms with Crippen molar-refractivity contribution in [2.45, 2.75) is 45.9 Å². The summed E-state index contributed by atoms with van der Waals surface area (Å²) in [5.41, 5.74) is 3.24. The number of carbonyl (C=O) groups excluding carboxylic acids is 1. The summed E-state index contributed by atoms with van der Waals surface area (Å²) in [4.78, 5) is 21.5. The van der Waals surface area contributed by atoms with Crippen LogP contribution in [0, 0.1) is 6.92 Å². The van der Waals surface area contributed by atoms with Gasteiger partial charge in [0.1, 0.15) is 11.4 Å². The summed E-state index contributed by atoms with van der Waals surface area (Å²) in [6, 6.07) is 12.5. The fourth-order valence-corrected chi connectivity index (χ4v) is 3.59. The molecular formula is C22H29N3O2. The summed E-state index contributed by atoms with van der Waals surface area (Å²) in [6.07, 6.45) is 2.64. The van der Waals surface area contributed by atoms with Crippen LogP contribution in [0.25, 0.3) is 0 Å². The van der Waals surface area contributed by atoms with Crippen LogP contribution >= 0.6 is 0 Å². The number of hydrogen-bond donors (Lipinski definition) is 0. The lowest BCUT2D eigenvalue weighted by atomic mass is 10.1. The monoisotopic (exact) mass is 367 g/mol. The van der Waals surface area contributed by atoms with Crippen molar-refractivity contribution in [1.82, 2.24) is 9.88 Å². The highest BCUT2D eigenvalue weighted by Crippen LogP contribution is 2.25. The number of esters is 1. The summed E-state index contributed by atoms with van der Waals surface area (Å²) in [5, 5.41) is 0. The number of nitrogens with zero attached hydrogens (tertiary/aromatic N) is 3. The molecule has 3 rings (SSSR count). The van der Waals surface area contributed by atoms with Gasteiger partial charge in [0.15, 0.2) is 0 Å². The minimum absolute atomic E-state index is 0.146. The third-order valence-corrected chi connectivity index (χ3v) is 5.13. The largest absolute Gasteiger partial charge is 0.459 e. The minimum atomic E-state index is -0.310. The van der Waals surface area contributed by atoms with E-state index in [2.05, 4.69) is 46.0 Å². The number of aryl methyl sites for hydroxylation is 1. The van der Waals surface area contributed by atoms with E-state index >= 15 is 0 Å². The van der Waals surface area contributed by atoms with Gasteiger partial charge in [-0.3, -0.25) is 4.90 Å². The number of likely N-dealkylation sites (tertiary alicyclic amines) is 1. The molecule has 0 radical (unpaired) electrons. The molecular weight excluding hydrogens is 338 g/mol. The number of rotatable bonds is 6. The zero-order chi connectivity index (χ0) is 19.4. The van der Waals surface area contributed by atoms with Gasteiger partial charge in [0, 0.05) is 38.9 Å². The van der Waals surface area contributed by atoms with Crippen LogP contribution in [0.1, 0.15) is 41.8 Å². The van der Waals surface area contributed by atoms with Crippen molar-refractivity contribution in [3.05, 3.63) is 59.3 Å². The Hall–Kier alpha value is -2.40. The van der Waals surface area contributed by atoms with E-state index in [0.717, 1.165) is 26.1 Å². The van der Waals surface area contributed by atoms with Gasteiger partial charge in [-0.15, -0.1) is 0 Å². The second-order valence-electron chi connectivity index (χ2n) is 7.54. The van der Waals surface area contributed by atoms with Crippen LogP contribution in [0.15, 0.2) is 42.6 Å². The molecule has 1 aromatic carbocycles. The second kappa shape index (κ2) is 8.53. The molecule has 2 aromatic rings. The molecule has 1 aliphatic heterocycles. The minimum Gasteiger partial charge on any atom is -0.459 e. The molecule has 0 spiro atoms. The van der Waals surface area contributed by atoms with Gasteiger partial charge in [-0.05, 0) is 50.5 Å². The van der Waals surface area contributed by atoms with E-state index in [1.54, 1.807) is 18.3 Å². The SMILES string of the molecule is Cc1ccccc1CN1CC[C@H](N(C)c2ncccc2C(=O)OC(C)C)C1. The van der Waals surface area contributed by atoms with Gasteiger partial charge in [0.25, 0.3) is 0 Å². The maximum atomic E-state index is 12.4. The summed E-state index contributed by atoms with van der Waals surface area (Å²) < 4.78 is 5.39. The quantitative estimate of drug-likeness (QED) is 0.729. The number of aromatic nitrogens is 1. The van der Waals surface area contributed by atoms with Crippen molar-refractivity contribution in [2.75, 3.05) is 25.0 Å². The standard InChI is InChI=1S/C22H29N3O2/c1-16(2)27-22(26)20-10-7-12-23-21(20)24(4)19-11-13-25(15-19)14-18-9-6-5-8-17(18)3/h5-10,12,16,19H,11,13-15H2,1-4H3/t19-/m0/s1. The molecule has 5 nitrogen and oxygen atoms in total. The summed E-state index contributed by atoms with van der Waals surface area (Å²) in [6.45, 7) is 8.84. The summed E-state index contributed by atoms with van der Waals surface area (Å²) in [7, 11) is 2.02. The highest BCUT2D eigenvalue weighted by molar-refractivity contribution is 5.94. The molecule has 0 saturated carbocycles. The van der Waals surface area contributed by atoms with E-state index in [-0.39, 0.29) is 12.1 Å². The lowest BCUT2D eigenvalue weighted by Gasteiger charge is -2.27. The van der Waals surface area contributed by atoms with E-state index in [4.69, 9.17) is 4.74 Å². The van der Waals surface area contributed by atoms with Crippen LogP contribution in [0.4, 0.5) is 5.82 Å². The first-order chi connectivity index (χ1) is 13.0. The van der Waals surface area contributed by atoms with Crippen LogP contribution in [0.2, 0.25) is 0 Å². The van der Waals surface area contributed by atoms with Crippen molar-refractivity contribution in [3.63, 3.8) is 0 Å². The molecule has 1 saturated heterocycles. The van der Waals surface area contributed by atoms with Gasteiger partial charge in [-0.2, -0.15) is 0 Å². The molecule has 0 unspecified atom stereocenters. The van der Waals surface area contributed by atoms with Gasteiger partial charge in [0.2, 0.25) is 0 Å². The zero-order valence-electron chi connectivity index (χ0n) is 16.7. The molecule has 5 heteroatoms. The first kappa shape index (κ1) is 19.4. The van der Waals surface area contributed by atoms with Crippen LogP contribution in [0.5, 0.6) is 0 Å². The lowest BCUT2D eigenvalue weighted by molar-refractivity contribution is 0.0378. The molecule has 2 heterocycles. The number of likely N-dealkylation sites (N-methyl/N-ethyl adjacent to an activating group) is 1. The first-order valence-electron chi connectivity index (χ1n) is 9.61. The third kappa shape index (κ3) is 4.66. The topological polar surface area (TPSA) is 45.7 Å². The van der Waals surface area contributed by atoms with Crippen LogP contribution in [-0.2, 0) is 11.3 Å². The van der Waals surface area contributed by atoms with E-state index < -0.39 is 0 Å². The van der Waals surface area contributed by atoms with Gasteiger partial charge in [-0.25, -0.2) is 9.78 Å². The zero-order valence-corrected chi connectivity index (χ0v) is 16.7. The molecule has 1 aliphatic rings. The first-order valence-corrected chi connectivity index (χ1v) is 9.61. The number of anilines is 1. The predicted octanol–water partition coefficient (Wildman–Crippen LogP) is 3.67. The Balaban J connectivity index is 1.69. The van der Waals surface area contributed by atoms with Crippen LogP contribution in [0.3, 0.4) is 0 Å². The second-order valence-corrected chi connectivity index (χ2v) is 7.54. The Morgan fingerprint density at radius 3 is 2.81 bits per heavy atom. The Bertz CT molecular complexity index is 791. The normalized spacial score (nSPS) is 17.3. The van der Waals surface area contributed by atoms with E-state index in [0.29, 0.717) is 17.4 Å².